The van der Waals surface area contributed by atoms with Crippen LogP contribution in [0.5, 0.6) is 0 Å². The SMILES string of the molecule is CC1(O)CN(CC(=O)Nc2ccccc2C#N)C1. The molecule has 0 radical (unpaired) electrons. The van der Waals surface area contributed by atoms with Crippen LogP contribution < -0.4 is 5.32 Å². The second kappa shape index (κ2) is 4.77. The molecular weight excluding hydrogens is 230 g/mol. The Morgan fingerprint density at radius 3 is 2.83 bits per heavy atom. The molecule has 5 heteroatoms. The van der Waals surface area contributed by atoms with Crippen LogP contribution in [0.4, 0.5) is 5.69 Å². The van der Waals surface area contributed by atoms with Gasteiger partial charge >= 0.3 is 0 Å². The van der Waals surface area contributed by atoms with Crippen LogP contribution in [0, 0.1) is 11.3 Å². The van der Waals surface area contributed by atoms with Gasteiger partial charge in [0.15, 0.2) is 0 Å². The largest absolute Gasteiger partial charge is 0.388 e. The van der Waals surface area contributed by atoms with Crippen molar-refractivity contribution in [2.24, 2.45) is 0 Å². The number of nitrogens with one attached hydrogen (secondary N) is 1. The van der Waals surface area contributed by atoms with Gasteiger partial charge in [-0.15, -0.1) is 0 Å². The molecule has 0 saturated carbocycles. The molecule has 0 atom stereocenters. The molecule has 18 heavy (non-hydrogen) atoms. The first-order valence-corrected chi connectivity index (χ1v) is 5.74. The predicted octanol–water partition coefficient (Wildman–Crippen LogP) is 0.563. The minimum absolute atomic E-state index is 0.173. The third kappa shape index (κ3) is 2.86. The first kappa shape index (κ1) is 12.6. The predicted molar refractivity (Wildman–Crippen MR) is 66.9 cm³/mol. The molecule has 5 nitrogen and oxygen atoms in total. The molecule has 0 aromatic heterocycles. The summed E-state index contributed by atoms with van der Waals surface area (Å²) in [5.74, 6) is -0.173. The maximum atomic E-state index is 11.8. The Labute approximate surface area is 106 Å². The molecule has 1 saturated heterocycles. The van der Waals surface area contributed by atoms with E-state index in [-0.39, 0.29) is 12.5 Å². The fourth-order valence-corrected chi connectivity index (χ4v) is 2.11. The highest BCUT2D eigenvalue weighted by Crippen LogP contribution is 2.19. The average molecular weight is 245 g/mol. The van der Waals surface area contributed by atoms with Crippen molar-refractivity contribution in [2.75, 3.05) is 25.0 Å². The lowest BCUT2D eigenvalue weighted by molar-refractivity contribution is -0.125. The lowest BCUT2D eigenvalue weighted by atomic mass is 9.97. The number of likely N-dealkylation sites (tertiary alicyclic amines) is 1. The summed E-state index contributed by atoms with van der Waals surface area (Å²) < 4.78 is 0. The zero-order valence-electron chi connectivity index (χ0n) is 10.2. The van der Waals surface area contributed by atoms with Crippen molar-refractivity contribution in [1.29, 1.82) is 5.26 Å². The third-order valence-electron chi connectivity index (χ3n) is 2.82. The maximum absolute atomic E-state index is 11.8. The number of carbonyl (C=O) groups is 1. The van der Waals surface area contributed by atoms with Gasteiger partial charge in [0.1, 0.15) is 6.07 Å². The van der Waals surface area contributed by atoms with E-state index < -0.39 is 5.60 Å². The summed E-state index contributed by atoms with van der Waals surface area (Å²) in [6.45, 7) is 2.98. The Balaban J connectivity index is 1.90. The van der Waals surface area contributed by atoms with Crippen LogP contribution in [0.3, 0.4) is 0 Å². The molecule has 1 aliphatic rings. The Bertz CT molecular complexity index is 497. The van der Waals surface area contributed by atoms with E-state index in [9.17, 15) is 9.90 Å². The lowest BCUT2D eigenvalue weighted by Crippen LogP contribution is -2.61. The van der Waals surface area contributed by atoms with Gasteiger partial charge in [0.25, 0.3) is 0 Å². The van der Waals surface area contributed by atoms with Crippen molar-refractivity contribution in [3.05, 3.63) is 29.8 Å². The number of rotatable bonds is 3. The molecule has 1 fully saturated rings. The van der Waals surface area contributed by atoms with Crippen molar-refractivity contribution in [3.8, 4) is 6.07 Å². The number of benzene rings is 1. The van der Waals surface area contributed by atoms with Gasteiger partial charge in [-0.1, -0.05) is 12.1 Å². The average Bonchev–Trinajstić information content (AvgIpc) is 2.27. The third-order valence-corrected chi connectivity index (χ3v) is 2.82. The lowest BCUT2D eigenvalue weighted by Gasteiger charge is -2.43. The molecule has 1 aliphatic heterocycles. The van der Waals surface area contributed by atoms with Gasteiger partial charge in [-0.05, 0) is 19.1 Å². The van der Waals surface area contributed by atoms with Crippen LogP contribution in [0.2, 0.25) is 0 Å². The topological polar surface area (TPSA) is 76.4 Å². The molecule has 0 aliphatic carbocycles. The Kier molecular flexibility index (Phi) is 3.32. The summed E-state index contributed by atoms with van der Waals surface area (Å²) in [7, 11) is 0. The number of nitrogens with zero attached hydrogens (tertiary/aromatic N) is 2. The van der Waals surface area contributed by atoms with Gasteiger partial charge in [0.05, 0.1) is 23.4 Å². The normalized spacial score (nSPS) is 17.6. The second-order valence-corrected chi connectivity index (χ2v) is 4.85. The number of hydrogen-bond acceptors (Lipinski definition) is 4. The van der Waals surface area contributed by atoms with E-state index in [1.807, 2.05) is 11.0 Å². The Hall–Kier alpha value is -1.90. The summed E-state index contributed by atoms with van der Waals surface area (Å²) in [5, 5.41) is 21.1. The van der Waals surface area contributed by atoms with Crippen LogP contribution in [0.1, 0.15) is 12.5 Å². The van der Waals surface area contributed by atoms with Crippen LogP contribution in [-0.2, 0) is 4.79 Å². The number of hydrogen-bond donors (Lipinski definition) is 2. The first-order chi connectivity index (χ1) is 8.50. The second-order valence-electron chi connectivity index (χ2n) is 4.85. The number of amides is 1. The van der Waals surface area contributed by atoms with Crippen LogP contribution >= 0.6 is 0 Å². The molecule has 2 rings (SSSR count). The van der Waals surface area contributed by atoms with Crippen LogP contribution in [-0.4, -0.2) is 41.1 Å². The van der Waals surface area contributed by atoms with E-state index in [0.717, 1.165) is 0 Å². The number of anilines is 1. The van der Waals surface area contributed by atoms with Gasteiger partial charge in [-0.3, -0.25) is 9.69 Å². The molecule has 1 aromatic rings. The molecule has 1 aromatic carbocycles. The van der Waals surface area contributed by atoms with Crippen molar-refractivity contribution in [2.45, 2.75) is 12.5 Å². The van der Waals surface area contributed by atoms with Gasteiger partial charge in [0, 0.05) is 13.1 Å². The maximum Gasteiger partial charge on any atom is 0.238 e. The molecule has 0 spiro atoms. The number of β-amino-alcohol motifs (C(OH)–C–C–N with tert-alkyl or cyclic N) is 1. The molecule has 2 N–H and O–H groups in total. The molecule has 1 heterocycles. The van der Waals surface area contributed by atoms with E-state index in [4.69, 9.17) is 5.26 Å². The number of para-hydroxylation sites is 1. The van der Waals surface area contributed by atoms with Crippen molar-refractivity contribution < 1.29 is 9.90 Å². The Morgan fingerprint density at radius 2 is 2.22 bits per heavy atom. The highest BCUT2D eigenvalue weighted by molar-refractivity contribution is 5.93. The van der Waals surface area contributed by atoms with Crippen molar-refractivity contribution in [3.63, 3.8) is 0 Å². The minimum atomic E-state index is -0.676. The summed E-state index contributed by atoms with van der Waals surface area (Å²) in [6, 6.07) is 8.90. The first-order valence-electron chi connectivity index (χ1n) is 5.74. The van der Waals surface area contributed by atoms with E-state index >= 15 is 0 Å². The molecular formula is C13H15N3O2. The van der Waals surface area contributed by atoms with Crippen LogP contribution in [0.15, 0.2) is 24.3 Å². The molecule has 0 bridgehead atoms. The Morgan fingerprint density at radius 1 is 1.56 bits per heavy atom. The zero-order valence-corrected chi connectivity index (χ0v) is 10.2. The number of carbonyl (C=O) groups excluding carboxylic acids is 1. The smallest absolute Gasteiger partial charge is 0.238 e. The quantitative estimate of drug-likeness (QED) is 0.816. The van der Waals surface area contributed by atoms with Gasteiger partial charge in [-0.25, -0.2) is 0 Å². The van der Waals surface area contributed by atoms with Gasteiger partial charge < -0.3 is 10.4 Å². The molecule has 1 amide bonds. The fraction of sp³-hybridized carbons (Fsp3) is 0.385. The monoisotopic (exact) mass is 245 g/mol. The van der Waals surface area contributed by atoms with E-state index in [1.54, 1.807) is 31.2 Å². The van der Waals surface area contributed by atoms with Crippen molar-refractivity contribution in [1.82, 2.24) is 4.90 Å². The summed E-state index contributed by atoms with van der Waals surface area (Å²) in [6.07, 6.45) is 0. The van der Waals surface area contributed by atoms with E-state index in [0.29, 0.717) is 24.3 Å². The summed E-state index contributed by atoms with van der Waals surface area (Å²) >= 11 is 0. The van der Waals surface area contributed by atoms with E-state index in [2.05, 4.69) is 5.32 Å². The number of nitriles is 1. The van der Waals surface area contributed by atoms with Crippen LogP contribution in [0.25, 0.3) is 0 Å². The molecule has 0 unspecified atom stereocenters. The molecule has 94 valence electrons. The standard InChI is InChI=1S/C13H15N3O2/c1-13(18)8-16(9-13)7-12(17)15-11-5-3-2-4-10(11)6-14/h2-5,18H,7-9H2,1H3,(H,15,17). The van der Waals surface area contributed by atoms with Gasteiger partial charge in [-0.2, -0.15) is 5.26 Å². The summed E-state index contributed by atoms with van der Waals surface area (Å²) in [5.41, 5.74) is 0.295. The zero-order chi connectivity index (χ0) is 13.2. The van der Waals surface area contributed by atoms with E-state index in [1.165, 1.54) is 0 Å². The highest BCUT2D eigenvalue weighted by Gasteiger charge is 2.37. The van der Waals surface area contributed by atoms with Gasteiger partial charge in [0.2, 0.25) is 5.91 Å². The highest BCUT2D eigenvalue weighted by atomic mass is 16.3. The van der Waals surface area contributed by atoms with Crippen molar-refractivity contribution >= 4 is 11.6 Å². The minimum Gasteiger partial charge on any atom is -0.388 e. The number of aliphatic hydroxyl groups is 1. The fourth-order valence-electron chi connectivity index (χ4n) is 2.11. The summed E-state index contributed by atoms with van der Waals surface area (Å²) in [4.78, 5) is 13.6.